The van der Waals surface area contributed by atoms with Crippen molar-refractivity contribution in [2.24, 2.45) is 11.8 Å². The molecule has 2 rings (SSSR count). The molecule has 2 aliphatic rings. The summed E-state index contributed by atoms with van der Waals surface area (Å²) in [4.78, 5) is 2.46. The average Bonchev–Trinajstić information content (AvgIpc) is 2.78. The first-order chi connectivity index (χ1) is 8.06. The van der Waals surface area contributed by atoms with Gasteiger partial charge in [-0.15, -0.1) is 0 Å². The maximum atomic E-state index is 9.87. The first-order valence-corrected chi connectivity index (χ1v) is 6.86. The third-order valence-electron chi connectivity index (χ3n) is 4.10. The third-order valence-corrected chi connectivity index (χ3v) is 4.10. The number of aliphatic hydroxyl groups excluding tert-OH is 1. The molecule has 0 spiro atoms. The number of likely N-dealkylation sites (tertiary alicyclic amines) is 1. The van der Waals surface area contributed by atoms with Gasteiger partial charge in [0, 0.05) is 38.1 Å². The maximum absolute atomic E-state index is 9.87. The van der Waals surface area contributed by atoms with E-state index in [1.807, 2.05) is 0 Å². The quantitative estimate of drug-likeness (QED) is 0.708. The van der Waals surface area contributed by atoms with Gasteiger partial charge >= 0.3 is 0 Å². The van der Waals surface area contributed by atoms with Gasteiger partial charge in [-0.25, -0.2) is 0 Å². The molecular weight excluding hydrogens is 212 g/mol. The van der Waals surface area contributed by atoms with Crippen molar-refractivity contribution >= 4 is 0 Å². The molecule has 1 heterocycles. The minimum Gasteiger partial charge on any atom is -0.393 e. The molecule has 3 heteroatoms. The second kappa shape index (κ2) is 5.51. The zero-order chi connectivity index (χ0) is 12.4. The van der Waals surface area contributed by atoms with Crippen molar-refractivity contribution in [1.29, 1.82) is 0 Å². The molecule has 2 N–H and O–H groups in total. The summed E-state index contributed by atoms with van der Waals surface area (Å²) in [6.45, 7) is 12.6. The Balaban J connectivity index is 1.73. The SMILES string of the molecule is C=C(CNC(C)C)CN1CC2CCC(O)C2C1. The fraction of sp³-hybridized carbons (Fsp3) is 0.857. The summed E-state index contributed by atoms with van der Waals surface area (Å²) in [7, 11) is 0. The van der Waals surface area contributed by atoms with E-state index in [2.05, 4.69) is 30.6 Å². The first kappa shape index (κ1) is 13.1. The number of hydrogen-bond donors (Lipinski definition) is 2. The highest BCUT2D eigenvalue weighted by atomic mass is 16.3. The predicted molar refractivity (Wildman–Crippen MR) is 70.9 cm³/mol. The van der Waals surface area contributed by atoms with E-state index in [-0.39, 0.29) is 6.10 Å². The van der Waals surface area contributed by atoms with Gasteiger partial charge in [0.15, 0.2) is 0 Å². The Kier molecular flexibility index (Phi) is 4.23. The molecule has 0 radical (unpaired) electrons. The van der Waals surface area contributed by atoms with E-state index in [0.29, 0.717) is 12.0 Å². The van der Waals surface area contributed by atoms with Crippen molar-refractivity contribution in [1.82, 2.24) is 10.2 Å². The van der Waals surface area contributed by atoms with Gasteiger partial charge in [0.1, 0.15) is 0 Å². The normalized spacial score (nSPS) is 33.3. The molecule has 1 saturated carbocycles. The number of hydrogen-bond acceptors (Lipinski definition) is 3. The molecule has 3 unspecified atom stereocenters. The van der Waals surface area contributed by atoms with Gasteiger partial charge in [-0.2, -0.15) is 0 Å². The molecule has 0 amide bonds. The minimum absolute atomic E-state index is 0.0490. The van der Waals surface area contributed by atoms with E-state index in [4.69, 9.17) is 0 Å². The van der Waals surface area contributed by atoms with Crippen LogP contribution in [0.3, 0.4) is 0 Å². The summed E-state index contributed by atoms with van der Waals surface area (Å²) in [6.07, 6.45) is 2.17. The highest BCUT2D eigenvalue weighted by molar-refractivity contribution is 5.03. The summed E-state index contributed by atoms with van der Waals surface area (Å²) in [5.74, 6) is 1.26. The van der Waals surface area contributed by atoms with E-state index in [1.54, 1.807) is 0 Å². The molecule has 17 heavy (non-hydrogen) atoms. The lowest BCUT2D eigenvalue weighted by Gasteiger charge is -2.20. The molecule has 1 saturated heterocycles. The number of fused-ring (bicyclic) bond motifs is 1. The van der Waals surface area contributed by atoms with Crippen LogP contribution in [0.4, 0.5) is 0 Å². The molecule has 3 atom stereocenters. The van der Waals surface area contributed by atoms with Crippen molar-refractivity contribution in [2.45, 2.75) is 38.8 Å². The predicted octanol–water partition coefficient (Wildman–Crippen LogP) is 1.24. The van der Waals surface area contributed by atoms with Crippen LogP contribution in [-0.2, 0) is 0 Å². The van der Waals surface area contributed by atoms with E-state index >= 15 is 0 Å². The molecule has 0 aromatic rings. The van der Waals surface area contributed by atoms with Crippen LogP contribution in [0, 0.1) is 11.8 Å². The Morgan fingerprint density at radius 2 is 2.18 bits per heavy atom. The molecule has 3 nitrogen and oxygen atoms in total. The van der Waals surface area contributed by atoms with Gasteiger partial charge in [-0.1, -0.05) is 20.4 Å². The van der Waals surface area contributed by atoms with Crippen LogP contribution >= 0.6 is 0 Å². The Morgan fingerprint density at radius 1 is 1.41 bits per heavy atom. The monoisotopic (exact) mass is 238 g/mol. The zero-order valence-electron chi connectivity index (χ0n) is 11.2. The summed E-state index contributed by atoms with van der Waals surface area (Å²) < 4.78 is 0. The smallest absolute Gasteiger partial charge is 0.0583 e. The highest BCUT2D eigenvalue weighted by Crippen LogP contribution is 2.38. The minimum atomic E-state index is -0.0490. The van der Waals surface area contributed by atoms with Crippen LogP contribution < -0.4 is 5.32 Å². The average molecular weight is 238 g/mol. The molecule has 0 aromatic heterocycles. The second-order valence-corrected chi connectivity index (χ2v) is 6.05. The third kappa shape index (κ3) is 3.30. The van der Waals surface area contributed by atoms with Crippen LogP contribution in [-0.4, -0.2) is 48.3 Å². The van der Waals surface area contributed by atoms with Crippen LogP contribution in [0.15, 0.2) is 12.2 Å². The van der Waals surface area contributed by atoms with E-state index in [0.717, 1.165) is 38.5 Å². The lowest BCUT2D eigenvalue weighted by molar-refractivity contribution is 0.125. The highest BCUT2D eigenvalue weighted by Gasteiger charge is 2.41. The van der Waals surface area contributed by atoms with Crippen molar-refractivity contribution in [3.63, 3.8) is 0 Å². The van der Waals surface area contributed by atoms with Crippen LogP contribution in [0.1, 0.15) is 26.7 Å². The summed E-state index contributed by atoms with van der Waals surface area (Å²) >= 11 is 0. The lowest BCUT2D eigenvalue weighted by Crippen LogP contribution is -2.31. The number of nitrogens with one attached hydrogen (secondary N) is 1. The van der Waals surface area contributed by atoms with Crippen molar-refractivity contribution < 1.29 is 5.11 Å². The summed E-state index contributed by atoms with van der Waals surface area (Å²) in [5.41, 5.74) is 1.26. The molecule has 0 bridgehead atoms. The standard InChI is InChI=1S/C14H26N2O/c1-10(2)15-6-11(3)7-16-8-12-4-5-14(17)13(12)9-16/h10,12-15,17H,3-9H2,1-2H3. The number of aliphatic hydroxyl groups is 1. The molecule has 2 fully saturated rings. The van der Waals surface area contributed by atoms with Crippen LogP contribution in [0.25, 0.3) is 0 Å². The van der Waals surface area contributed by atoms with Crippen molar-refractivity contribution in [3.05, 3.63) is 12.2 Å². The maximum Gasteiger partial charge on any atom is 0.0583 e. The molecule has 1 aliphatic heterocycles. The van der Waals surface area contributed by atoms with Gasteiger partial charge in [0.25, 0.3) is 0 Å². The van der Waals surface area contributed by atoms with E-state index in [1.165, 1.54) is 12.0 Å². The number of rotatable bonds is 5. The number of nitrogens with zero attached hydrogens (tertiary/aromatic N) is 1. The van der Waals surface area contributed by atoms with E-state index < -0.39 is 0 Å². The second-order valence-electron chi connectivity index (χ2n) is 6.05. The van der Waals surface area contributed by atoms with Crippen molar-refractivity contribution in [3.8, 4) is 0 Å². The van der Waals surface area contributed by atoms with Crippen molar-refractivity contribution in [2.75, 3.05) is 26.2 Å². The summed E-state index contributed by atoms with van der Waals surface area (Å²) in [5, 5.41) is 13.3. The lowest BCUT2D eigenvalue weighted by atomic mass is 10.00. The Morgan fingerprint density at radius 3 is 2.82 bits per heavy atom. The van der Waals surface area contributed by atoms with E-state index in [9.17, 15) is 5.11 Å². The molecule has 98 valence electrons. The Labute approximate surface area is 105 Å². The van der Waals surface area contributed by atoms with Gasteiger partial charge in [-0.3, -0.25) is 4.90 Å². The Hall–Kier alpha value is -0.380. The topological polar surface area (TPSA) is 35.5 Å². The zero-order valence-corrected chi connectivity index (χ0v) is 11.2. The van der Waals surface area contributed by atoms with Crippen LogP contribution in [0.5, 0.6) is 0 Å². The fourth-order valence-electron chi connectivity index (χ4n) is 3.18. The molecule has 0 aromatic carbocycles. The fourth-order valence-corrected chi connectivity index (χ4v) is 3.18. The van der Waals surface area contributed by atoms with Gasteiger partial charge in [0.2, 0.25) is 0 Å². The molecule has 1 aliphatic carbocycles. The molecular formula is C14H26N2O. The van der Waals surface area contributed by atoms with Crippen LogP contribution in [0.2, 0.25) is 0 Å². The van der Waals surface area contributed by atoms with Gasteiger partial charge in [0.05, 0.1) is 6.10 Å². The summed E-state index contributed by atoms with van der Waals surface area (Å²) in [6, 6.07) is 0.520. The van der Waals surface area contributed by atoms with Gasteiger partial charge < -0.3 is 10.4 Å². The Bertz CT molecular complexity index is 277. The first-order valence-electron chi connectivity index (χ1n) is 6.86. The van der Waals surface area contributed by atoms with Gasteiger partial charge in [-0.05, 0) is 24.3 Å². The largest absolute Gasteiger partial charge is 0.393 e.